The Morgan fingerprint density at radius 1 is 1.04 bits per heavy atom. The Hall–Kier alpha value is -2.66. The highest BCUT2D eigenvalue weighted by Crippen LogP contribution is 2.45. The molecule has 4 rings (SSSR count). The van der Waals surface area contributed by atoms with Crippen LogP contribution in [0.3, 0.4) is 0 Å². The van der Waals surface area contributed by atoms with Crippen LogP contribution in [0.15, 0.2) is 54.6 Å². The molecule has 2 aliphatic heterocycles. The van der Waals surface area contributed by atoms with E-state index >= 15 is 0 Å². The van der Waals surface area contributed by atoms with Crippen LogP contribution in [0.1, 0.15) is 28.8 Å². The Kier molecular flexibility index (Phi) is 5.18. The number of hydrogen-bond donors (Lipinski definition) is 1. The number of rotatable bonds is 3. The molecule has 28 heavy (non-hydrogen) atoms. The maximum Gasteiger partial charge on any atom is 0.254 e. The molecule has 2 saturated heterocycles. The normalized spacial score (nSPS) is 20.9. The number of ether oxygens (including phenoxy) is 1. The monoisotopic (exact) mass is 378 g/mol. The fraction of sp³-hybridized carbons (Fsp3) is 0.391. The largest absolute Gasteiger partial charge is 0.381 e. The highest BCUT2D eigenvalue weighted by molar-refractivity contribution is 5.98. The topological polar surface area (TPSA) is 58.6 Å². The molecule has 5 nitrogen and oxygen atoms in total. The van der Waals surface area contributed by atoms with E-state index in [-0.39, 0.29) is 23.1 Å². The quantitative estimate of drug-likeness (QED) is 0.889. The predicted octanol–water partition coefficient (Wildman–Crippen LogP) is 3.50. The Bertz CT molecular complexity index is 859. The molecule has 2 aromatic carbocycles. The third-order valence-electron chi connectivity index (χ3n) is 6.16. The van der Waals surface area contributed by atoms with Crippen molar-refractivity contribution in [3.63, 3.8) is 0 Å². The molecule has 5 heteroatoms. The van der Waals surface area contributed by atoms with Crippen molar-refractivity contribution in [2.24, 2.45) is 11.3 Å². The minimum absolute atomic E-state index is 0.00631. The lowest BCUT2D eigenvalue weighted by molar-refractivity contribution is -0.124. The van der Waals surface area contributed by atoms with Gasteiger partial charge in [-0.2, -0.15) is 0 Å². The summed E-state index contributed by atoms with van der Waals surface area (Å²) in [6, 6.07) is 17.2. The molecule has 1 unspecified atom stereocenters. The number of nitrogens with zero attached hydrogens (tertiary/aromatic N) is 1. The van der Waals surface area contributed by atoms with Gasteiger partial charge in [0.15, 0.2) is 0 Å². The number of carbonyl (C=O) groups excluding carboxylic acids is 2. The van der Waals surface area contributed by atoms with Crippen molar-refractivity contribution < 1.29 is 14.3 Å². The van der Waals surface area contributed by atoms with Gasteiger partial charge >= 0.3 is 0 Å². The van der Waals surface area contributed by atoms with E-state index in [1.807, 2.05) is 66.4 Å². The van der Waals surface area contributed by atoms with Crippen LogP contribution in [0.5, 0.6) is 0 Å². The van der Waals surface area contributed by atoms with Crippen molar-refractivity contribution in [3.8, 4) is 0 Å². The first kappa shape index (κ1) is 18.7. The van der Waals surface area contributed by atoms with Gasteiger partial charge in [0.2, 0.25) is 5.91 Å². The van der Waals surface area contributed by atoms with Crippen LogP contribution in [-0.2, 0) is 9.53 Å². The Morgan fingerprint density at radius 3 is 2.43 bits per heavy atom. The molecule has 146 valence electrons. The highest BCUT2D eigenvalue weighted by Gasteiger charge is 2.51. The summed E-state index contributed by atoms with van der Waals surface area (Å²) in [7, 11) is 0. The highest BCUT2D eigenvalue weighted by atomic mass is 16.5. The SMILES string of the molecule is Cc1ccccc1C(=O)N1CC(C(=O)Nc2ccccc2)C2(CCOCC2)C1. The van der Waals surface area contributed by atoms with E-state index in [1.54, 1.807) is 0 Å². The minimum Gasteiger partial charge on any atom is -0.381 e. The minimum atomic E-state index is -0.232. The number of para-hydroxylation sites is 1. The van der Waals surface area contributed by atoms with Gasteiger partial charge in [0.25, 0.3) is 5.91 Å². The Labute approximate surface area is 165 Å². The molecule has 0 saturated carbocycles. The zero-order valence-corrected chi connectivity index (χ0v) is 16.2. The van der Waals surface area contributed by atoms with E-state index in [0.717, 1.165) is 24.1 Å². The third kappa shape index (κ3) is 3.54. The average Bonchev–Trinajstić information content (AvgIpc) is 3.08. The first-order valence-corrected chi connectivity index (χ1v) is 9.88. The van der Waals surface area contributed by atoms with Crippen molar-refractivity contribution in [1.82, 2.24) is 4.90 Å². The van der Waals surface area contributed by atoms with Crippen molar-refractivity contribution in [3.05, 3.63) is 65.7 Å². The Balaban J connectivity index is 1.58. The lowest BCUT2D eigenvalue weighted by Gasteiger charge is -2.37. The molecule has 0 aliphatic carbocycles. The van der Waals surface area contributed by atoms with E-state index in [1.165, 1.54) is 0 Å². The predicted molar refractivity (Wildman–Crippen MR) is 108 cm³/mol. The van der Waals surface area contributed by atoms with Gasteiger partial charge in [-0.15, -0.1) is 0 Å². The number of nitrogens with one attached hydrogen (secondary N) is 1. The number of hydrogen-bond acceptors (Lipinski definition) is 3. The van der Waals surface area contributed by atoms with E-state index in [4.69, 9.17) is 4.74 Å². The second-order valence-electron chi connectivity index (χ2n) is 7.88. The molecule has 2 amide bonds. The maximum atomic E-state index is 13.2. The summed E-state index contributed by atoms with van der Waals surface area (Å²) in [5.74, 6) is -0.225. The van der Waals surface area contributed by atoms with Crippen molar-refractivity contribution in [1.29, 1.82) is 0 Å². The molecule has 1 atom stereocenters. The molecule has 2 fully saturated rings. The first-order valence-electron chi connectivity index (χ1n) is 9.88. The molecule has 1 N–H and O–H groups in total. The summed E-state index contributed by atoms with van der Waals surface area (Å²) in [6.45, 7) is 4.29. The van der Waals surface area contributed by atoms with Crippen molar-refractivity contribution in [2.75, 3.05) is 31.6 Å². The summed E-state index contributed by atoms with van der Waals surface area (Å²) in [5.41, 5.74) is 2.26. The molecule has 0 bridgehead atoms. The van der Waals surface area contributed by atoms with Crippen LogP contribution in [0.2, 0.25) is 0 Å². The lowest BCUT2D eigenvalue weighted by Crippen LogP contribution is -2.42. The molecule has 0 aromatic heterocycles. The number of benzene rings is 2. The van der Waals surface area contributed by atoms with Gasteiger partial charge < -0.3 is 15.0 Å². The number of likely N-dealkylation sites (tertiary alicyclic amines) is 1. The molecular weight excluding hydrogens is 352 g/mol. The second kappa shape index (κ2) is 7.76. The van der Waals surface area contributed by atoms with Crippen LogP contribution < -0.4 is 5.32 Å². The maximum absolute atomic E-state index is 13.2. The van der Waals surface area contributed by atoms with Crippen LogP contribution in [0, 0.1) is 18.3 Å². The van der Waals surface area contributed by atoms with Crippen LogP contribution in [-0.4, -0.2) is 43.0 Å². The van der Waals surface area contributed by atoms with Gasteiger partial charge in [0.05, 0.1) is 5.92 Å². The molecule has 2 aromatic rings. The molecule has 0 radical (unpaired) electrons. The smallest absolute Gasteiger partial charge is 0.254 e. The fourth-order valence-corrected chi connectivity index (χ4v) is 4.50. The first-order chi connectivity index (χ1) is 13.6. The van der Waals surface area contributed by atoms with Crippen LogP contribution in [0.25, 0.3) is 0 Å². The van der Waals surface area contributed by atoms with Gasteiger partial charge in [0.1, 0.15) is 0 Å². The number of aryl methyl sites for hydroxylation is 1. The van der Waals surface area contributed by atoms with E-state index in [2.05, 4.69) is 5.32 Å². The fourth-order valence-electron chi connectivity index (χ4n) is 4.50. The van der Waals surface area contributed by atoms with Gasteiger partial charge in [-0.1, -0.05) is 36.4 Å². The standard InChI is InChI=1S/C23H26N2O3/c1-17-7-5-6-10-19(17)22(27)25-15-20(23(16-25)11-13-28-14-12-23)21(26)24-18-8-3-2-4-9-18/h2-10,20H,11-16H2,1H3,(H,24,26). The van der Waals surface area contributed by atoms with Crippen molar-refractivity contribution >= 4 is 17.5 Å². The van der Waals surface area contributed by atoms with Gasteiger partial charge in [-0.05, 0) is 43.5 Å². The number of carbonyl (C=O) groups is 2. The summed E-state index contributed by atoms with van der Waals surface area (Å²) in [6.07, 6.45) is 1.61. The van der Waals surface area contributed by atoms with Crippen LogP contribution >= 0.6 is 0 Å². The zero-order chi connectivity index (χ0) is 19.6. The summed E-state index contributed by atoms with van der Waals surface area (Å²) in [5, 5.41) is 3.05. The average molecular weight is 378 g/mol. The second-order valence-corrected chi connectivity index (χ2v) is 7.88. The molecular formula is C23H26N2O3. The van der Waals surface area contributed by atoms with E-state index < -0.39 is 0 Å². The molecule has 2 aliphatic rings. The Morgan fingerprint density at radius 2 is 1.71 bits per heavy atom. The van der Waals surface area contributed by atoms with Crippen molar-refractivity contribution in [2.45, 2.75) is 19.8 Å². The zero-order valence-electron chi connectivity index (χ0n) is 16.2. The summed E-state index contributed by atoms with van der Waals surface area (Å²) < 4.78 is 5.57. The number of anilines is 1. The van der Waals surface area contributed by atoms with Gasteiger partial charge in [0, 0.05) is 43.0 Å². The molecule has 2 heterocycles. The van der Waals surface area contributed by atoms with Gasteiger partial charge in [-0.3, -0.25) is 9.59 Å². The summed E-state index contributed by atoms with van der Waals surface area (Å²) >= 11 is 0. The lowest BCUT2D eigenvalue weighted by atomic mass is 9.71. The van der Waals surface area contributed by atoms with E-state index in [9.17, 15) is 9.59 Å². The van der Waals surface area contributed by atoms with Crippen LogP contribution in [0.4, 0.5) is 5.69 Å². The number of amides is 2. The third-order valence-corrected chi connectivity index (χ3v) is 6.16. The summed E-state index contributed by atoms with van der Waals surface area (Å²) in [4.78, 5) is 28.2. The molecule has 1 spiro atoms. The van der Waals surface area contributed by atoms with Gasteiger partial charge in [-0.25, -0.2) is 0 Å². The van der Waals surface area contributed by atoms with E-state index in [0.29, 0.717) is 31.9 Å².